The third-order valence-electron chi connectivity index (χ3n) is 8.33. The van der Waals surface area contributed by atoms with Crippen molar-refractivity contribution in [1.29, 1.82) is 0 Å². The first-order valence-corrected chi connectivity index (χ1v) is 20.0. The Kier molecular flexibility index (Phi) is 27.2. The average Bonchev–Trinajstić information content (AvgIpc) is 3.06. The van der Waals surface area contributed by atoms with Crippen molar-refractivity contribution >= 4 is 16.4 Å². The molecule has 1 aliphatic rings. The highest BCUT2D eigenvalue weighted by molar-refractivity contribution is 7.80. The zero-order valence-corrected chi connectivity index (χ0v) is 30.8. The van der Waals surface area contributed by atoms with Gasteiger partial charge in [-0.1, -0.05) is 109 Å². The topological polar surface area (TPSA) is 178 Å². The van der Waals surface area contributed by atoms with Crippen LogP contribution in [0.25, 0.3) is 0 Å². The number of aliphatic hydroxyl groups is 3. The molecule has 0 aromatic rings. The smallest absolute Gasteiger partial charge is 0.397 e. The molecule has 0 radical (unpaired) electrons. The molecule has 1 heterocycles. The molecule has 6 atom stereocenters. The molecule has 288 valence electrons. The van der Waals surface area contributed by atoms with Crippen molar-refractivity contribution in [3.05, 3.63) is 24.3 Å². The fourth-order valence-corrected chi connectivity index (χ4v) is 5.97. The van der Waals surface area contributed by atoms with E-state index >= 15 is 0 Å². The molecule has 1 aliphatic heterocycles. The highest BCUT2D eigenvalue weighted by Gasteiger charge is 2.48. The largest absolute Gasteiger partial charge is 0.457 e. The monoisotopic (exact) mass is 722 g/mol. The van der Waals surface area contributed by atoms with Crippen LogP contribution in [0.5, 0.6) is 0 Å². The predicted octanol–water partition coefficient (Wildman–Crippen LogP) is 6.12. The fraction of sp³-hybridized carbons (Fsp3) is 0.861. The summed E-state index contributed by atoms with van der Waals surface area (Å²) in [5, 5.41) is 30.4. The average molecular weight is 723 g/mol. The summed E-state index contributed by atoms with van der Waals surface area (Å²) in [5.41, 5.74) is 0. The number of ether oxygens (including phenoxy) is 4. The standard InChI is InChI=1S/C36H66O12S/c1-3-5-7-9-10-11-12-13-14-15-16-17-18-19-20-22-24-26-44-28-30(46-32(38)25-23-21-8-6-4-2)29-45-36-34(40)35(48-49(41,42)43)33(39)31(27-37)47-36/h11-12,14-15,30-31,33-37,39-40H,3-10,13,16-29H2,1-2H3,(H,41,42,43)/b12-11-,15-14-. The summed E-state index contributed by atoms with van der Waals surface area (Å²) < 4.78 is 58.4. The van der Waals surface area contributed by atoms with Crippen LogP contribution in [0.4, 0.5) is 0 Å². The van der Waals surface area contributed by atoms with Crippen molar-refractivity contribution in [2.24, 2.45) is 0 Å². The Balaban J connectivity index is 2.42. The third-order valence-corrected chi connectivity index (χ3v) is 8.79. The molecular formula is C36H66O12S. The SMILES string of the molecule is CCCCCC/C=C\C/C=C\CCCCCCCCOCC(COC1OC(CO)C(O)C(OS(=O)(=O)O)C1O)OC(=O)CCCCCCC. The van der Waals surface area contributed by atoms with E-state index < -0.39 is 59.8 Å². The predicted molar refractivity (Wildman–Crippen MR) is 188 cm³/mol. The van der Waals surface area contributed by atoms with E-state index in [1.807, 2.05) is 0 Å². The second-order valence-electron chi connectivity index (χ2n) is 12.8. The van der Waals surface area contributed by atoms with Gasteiger partial charge in [-0.05, 0) is 44.9 Å². The maximum atomic E-state index is 12.6. The van der Waals surface area contributed by atoms with Crippen LogP contribution in [0.1, 0.15) is 136 Å². The number of aliphatic hydroxyl groups excluding tert-OH is 3. The summed E-state index contributed by atoms with van der Waals surface area (Å²) in [6, 6.07) is 0. The van der Waals surface area contributed by atoms with Gasteiger partial charge in [0.25, 0.3) is 0 Å². The quantitative estimate of drug-likeness (QED) is 0.0279. The number of carbonyl (C=O) groups is 1. The van der Waals surface area contributed by atoms with Gasteiger partial charge in [0.2, 0.25) is 0 Å². The second kappa shape index (κ2) is 29.2. The van der Waals surface area contributed by atoms with E-state index in [0.717, 1.165) is 64.2 Å². The summed E-state index contributed by atoms with van der Waals surface area (Å²) >= 11 is 0. The molecular weight excluding hydrogens is 656 g/mol. The van der Waals surface area contributed by atoms with Crippen LogP contribution in [-0.2, 0) is 38.3 Å². The van der Waals surface area contributed by atoms with Crippen LogP contribution >= 0.6 is 0 Å². The molecule has 1 fully saturated rings. The minimum absolute atomic E-state index is 0.0295. The lowest BCUT2D eigenvalue weighted by molar-refractivity contribution is -0.301. The Bertz CT molecular complexity index is 973. The summed E-state index contributed by atoms with van der Waals surface area (Å²) in [7, 11) is -5.05. The van der Waals surface area contributed by atoms with Gasteiger partial charge in [0.05, 0.1) is 19.8 Å². The van der Waals surface area contributed by atoms with Crippen molar-refractivity contribution in [1.82, 2.24) is 0 Å². The van der Waals surface area contributed by atoms with Crippen LogP contribution in [0, 0.1) is 0 Å². The number of hydrogen-bond donors (Lipinski definition) is 4. The number of carbonyl (C=O) groups excluding carboxylic acids is 1. The molecule has 0 aromatic carbocycles. The van der Waals surface area contributed by atoms with Crippen LogP contribution in [0.15, 0.2) is 24.3 Å². The minimum atomic E-state index is -5.05. The van der Waals surface area contributed by atoms with Crippen LogP contribution < -0.4 is 0 Å². The van der Waals surface area contributed by atoms with Gasteiger partial charge in [-0.15, -0.1) is 0 Å². The molecule has 6 unspecified atom stereocenters. The van der Waals surface area contributed by atoms with E-state index in [-0.39, 0.29) is 19.6 Å². The van der Waals surface area contributed by atoms with Crippen molar-refractivity contribution in [2.45, 2.75) is 173 Å². The Morgan fingerprint density at radius 3 is 1.96 bits per heavy atom. The first-order chi connectivity index (χ1) is 23.6. The van der Waals surface area contributed by atoms with Gasteiger partial charge in [0, 0.05) is 13.0 Å². The Morgan fingerprint density at radius 1 is 0.776 bits per heavy atom. The zero-order valence-electron chi connectivity index (χ0n) is 30.0. The van der Waals surface area contributed by atoms with Crippen molar-refractivity contribution in [3.8, 4) is 0 Å². The molecule has 49 heavy (non-hydrogen) atoms. The number of esters is 1. The molecule has 4 N–H and O–H groups in total. The van der Waals surface area contributed by atoms with Crippen molar-refractivity contribution in [3.63, 3.8) is 0 Å². The normalized spacial score (nSPS) is 22.3. The second-order valence-corrected chi connectivity index (χ2v) is 13.9. The van der Waals surface area contributed by atoms with Gasteiger partial charge in [0.15, 0.2) is 6.29 Å². The van der Waals surface area contributed by atoms with E-state index in [1.165, 1.54) is 44.9 Å². The molecule has 13 heteroatoms. The lowest BCUT2D eigenvalue weighted by atomic mass is 9.99. The highest BCUT2D eigenvalue weighted by Crippen LogP contribution is 2.26. The van der Waals surface area contributed by atoms with E-state index in [2.05, 4.69) is 42.3 Å². The van der Waals surface area contributed by atoms with Gasteiger partial charge in [-0.2, -0.15) is 8.42 Å². The number of hydrogen-bond acceptors (Lipinski definition) is 11. The van der Waals surface area contributed by atoms with Crippen LogP contribution in [0.3, 0.4) is 0 Å². The molecule has 1 rings (SSSR count). The highest BCUT2D eigenvalue weighted by atomic mass is 32.3. The Morgan fingerprint density at radius 2 is 1.35 bits per heavy atom. The molecule has 0 aromatic heterocycles. The van der Waals surface area contributed by atoms with Crippen LogP contribution in [0.2, 0.25) is 0 Å². The Hall–Kier alpha value is -1.42. The van der Waals surface area contributed by atoms with Crippen LogP contribution in [-0.4, -0.2) is 97.5 Å². The maximum Gasteiger partial charge on any atom is 0.397 e. The van der Waals surface area contributed by atoms with E-state index in [0.29, 0.717) is 13.0 Å². The molecule has 1 saturated heterocycles. The molecule has 0 spiro atoms. The van der Waals surface area contributed by atoms with Crippen molar-refractivity contribution in [2.75, 3.05) is 26.4 Å². The van der Waals surface area contributed by atoms with E-state index in [9.17, 15) is 28.5 Å². The molecule has 0 amide bonds. The summed E-state index contributed by atoms with van der Waals surface area (Å²) in [6.45, 7) is 3.82. The zero-order chi connectivity index (χ0) is 36.2. The fourth-order valence-electron chi connectivity index (χ4n) is 5.46. The number of allylic oxidation sites excluding steroid dienone is 4. The molecule has 12 nitrogen and oxygen atoms in total. The van der Waals surface area contributed by atoms with Gasteiger partial charge >= 0.3 is 16.4 Å². The third kappa shape index (κ3) is 23.6. The Labute approximate surface area is 295 Å². The van der Waals surface area contributed by atoms with Gasteiger partial charge < -0.3 is 34.3 Å². The lowest BCUT2D eigenvalue weighted by Gasteiger charge is -2.41. The lowest BCUT2D eigenvalue weighted by Crippen LogP contribution is -2.60. The van der Waals surface area contributed by atoms with E-state index in [1.54, 1.807) is 0 Å². The van der Waals surface area contributed by atoms with Gasteiger partial charge in [0.1, 0.15) is 30.5 Å². The molecule has 0 saturated carbocycles. The number of unbranched alkanes of at least 4 members (excludes halogenated alkanes) is 14. The van der Waals surface area contributed by atoms with Crippen molar-refractivity contribution < 1.29 is 56.2 Å². The first-order valence-electron chi connectivity index (χ1n) is 18.6. The molecule has 0 bridgehead atoms. The molecule has 0 aliphatic carbocycles. The minimum Gasteiger partial charge on any atom is -0.457 e. The summed E-state index contributed by atoms with van der Waals surface area (Å²) in [5.74, 6) is -0.417. The number of rotatable bonds is 31. The maximum absolute atomic E-state index is 12.6. The summed E-state index contributed by atoms with van der Waals surface area (Å²) in [4.78, 5) is 12.6. The van der Waals surface area contributed by atoms with Gasteiger partial charge in [-0.25, -0.2) is 4.18 Å². The van der Waals surface area contributed by atoms with Gasteiger partial charge in [-0.3, -0.25) is 9.35 Å². The van der Waals surface area contributed by atoms with E-state index in [4.69, 9.17) is 23.5 Å². The first kappa shape index (κ1) is 45.6. The summed E-state index contributed by atoms with van der Waals surface area (Å²) in [6.07, 6.45) is 19.9.